The van der Waals surface area contributed by atoms with Crippen LogP contribution >= 0.6 is 15.9 Å². The quantitative estimate of drug-likeness (QED) is 0.499. The van der Waals surface area contributed by atoms with Crippen LogP contribution in [0.25, 0.3) is 28.0 Å². The number of nitrogens with two attached hydrogens (primary N) is 1. The van der Waals surface area contributed by atoms with Gasteiger partial charge in [-0.3, -0.25) is 0 Å². The lowest BCUT2D eigenvalue weighted by Crippen LogP contribution is -2.43. The Bertz CT molecular complexity index is 1110. The van der Waals surface area contributed by atoms with E-state index in [4.69, 9.17) is 10.8 Å². The zero-order valence-electron chi connectivity index (χ0n) is 14.8. The number of nitrogens with zero attached hydrogens (tertiary/aromatic N) is 3. The molecule has 0 unspecified atom stereocenters. The van der Waals surface area contributed by atoms with Gasteiger partial charge in [0, 0.05) is 16.7 Å². The van der Waals surface area contributed by atoms with E-state index in [0.29, 0.717) is 0 Å². The summed E-state index contributed by atoms with van der Waals surface area (Å²) >= 11 is 3.53. The maximum atomic E-state index is 6.48. The van der Waals surface area contributed by atoms with Crippen LogP contribution in [0.3, 0.4) is 0 Å². The van der Waals surface area contributed by atoms with E-state index in [-0.39, 0.29) is 5.54 Å². The Hall–Kier alpha value is -2.50. The van der Waals surface area contributed by atoms with Gasteiger partial charge in [0.1, 0.15) is 4.60 Å². The molecule has 1 aliphatic rings. The van der Waals surface area contributed by atoms with Crippen molar-refractivity contribution >= 4 is 21.6 Å². The van der Waals surface area contributed by atoms with E-state index >= 15 is 0 Å². The molecule has 1 aliphatic carbocycles. The highest BCUT2D eigenvalue weighted by molar-refractivity contribution is 9.10. The topological polar surface area (TPSA) is 56.2 Å². The Labute approximate surface area is 166 Å². The molecule has 0 radical (unpaired) electrons. The summed E-state index contributed by atoms with van der Waals surface area (Å²) in [6.07, 6.45) is 5.11. The number of aromatic nitrogens is 3. The van der Waals surface area contributed by atoms with E-state index in [2.05, 4.69) is 63.4 Å². The normalized spacial score (nSPS) is 15.6. The molecule has 4 nitrogen and oxygen atoms in total. The van der Waals surface area contributed by atoms with E-state index in [0.717, 1.165) is 45.5 Å². The number of rotatable bonds is 3. The number of halogens is 1. The van der Waals surface area contributed by atoms with Crippen molar-refractivity contribution in [1.29, 1.82) is 0 Å². The number of fused-ring (bicyclic) bond motifs is 1. The third-order valence-corrected chi connectivity index (χ3v) is 6.06. The van der Waals surface area contributed by atoms with Gasteiger partial charge in [-0.15, -0.1) is 0 Å². The second kappa shape index (κ2) is 6.29. The van der Waals surface area contributed by atoms with Gasteiger partial charge >= 0.3 is 0 Å². The first-order chi connectivity index (χ1) is 13.1. The second-order valence-electron chi connectivity index (χ2n) is 7.21. The SMILES string of the molecule is NC1(c2ccc(-c3nn4c(Br)cnc4cc3-c3ccccc3)cc2)CCC1. The predicted octanol–water partition coefficient (Wildman–Crippen LogP) is 5.16. The van der Waals surface area contributed by atoms with Crippen molar-refractivity contribution in [2.45, 2.75) is 24.8 Å². The van der Waals surface area contributed by atoms with E-state index in [1.54, 1.807) is 6.20 Å². The molecule has 0 aliphatic heterocycles. The largest absolute Gasteiger partial charge is 0.321 e. The van der Waals surface area contributed by atoms with Crippen LogP contribution in [0.4, 0.5) is 0 Å². The molecule has 134 valence electrons. The Morgan fingerprint density at radius 1 is 0.963 bits per heavy atom. The highest BCUT2D eigenvalue weighted by atomic mass is 79.9. The van der Waals surface area contributed by atoms with Crippen LogP contribution in [-0.4, -0.2) is 14.6 Å². The molecule has 5 heteroatoms. The van der Waals surface area contributed by atoms with Gasteiger partial charge in [0.25, 0.3) is 0 Å². The van der Waals surface area contributed by atoms with Gasteiger partial charge in [0.2, 0.25) is 0 Å². The summed E-state index contributed by atoms with van der Waals surface area (Å²) in [4.78, 5) is 4.44. The summed E-state index contributed by atoms with van der Waals surface area (Å²) in [5.41, 5.74) is 12.6. The van der Waals surface area contributed by atoms with Gasteiger partial charge in [-0.25, -0.2) is 9.50 Å². The summed E-state index contributed by atoms with van der Waals surface area (Å²) < 4.78 is 2.66. The minimum Gasteiger partial charge on any atom is -0.321 e. The molecule has 0 spiro atoms. The number of imidazole rings is 1. The maximum Gasteiger partial charge on any atom is 0.155 e. The first kappa shape index (κ1) is 16.7. The minimum atomic E-state index is -0.147. The summed E-state index contributed by atoms with van der Waals surface area (Å²) in [5, 5.41) is 4.88. The lowest BCUT2D eigenvalue weighted by atomic mass is 9.72. The molecule has 4 aromatic rings. The lowest BCUT2D eigenvalue weighted by Gasteiger charge is -2.38. The fraction of sp³-hybridized carbons (Fsp3) is 0.182. The number of benzene rings is 2. The van der Waals surface area contributed by atoms with Crippen LogP contribution in [0.5, 0.6) is 0 Å². The molecule has 0 amide bonds. The van der Waals surface area contributed by atoms with Crippen molar-refractivity contribution < 1.29 is 0 Å². The van der Waals surface area contributed by atoms with Gasteiger partial charge in [0.05, 0.1) is 11.9 Å². The first-order valence-corrected chi connectivity index (χ1v) is 9.93. The smallest absolute Gasteiger partial charge is 0.155 e. The van der Waals surface area contributed by atoms with Crippen molar-refractivity contribution in [3.05, 3.63) is 77.0 Å². The van der Waals surface area contributed by atoms with Crippen molar-refractivity contribution in [1.82, 2.24) is 14.6 Å². The van der Waals surface area contributed by atoms with Crippen LogP contribution in [-0.2, 0) is 5.54 Å². The molecule has 2 aromatic heterocycles. The van der Waals surface area contributed by atoms with Crippen LogP contribution in [0.2, 0.25) is 0 Å². The Morgan fingerprint density at radius 2 is 1.70 bits per heavy atom. The molecule has 0 atom stereocenters. The maximum absolute atomic E-state index is 6.48. The highest BCUT2D eigenvalue weighted by Crippen LogP contribution is 2.39. The molecule has 0 bridgehead atoms. The average Bonchev–Trinajstić information content (AvgIpc) is 3.06. The van der Waals surface area contributed by atoms with Crippen molar-refractivity contribution in [2.24, 2.45) is 5.73 Å². The second-order valence-corrected chi connectivity index (χ2v) is 8.02. The van der Waals surface area contributed by atoms with Crippen molar-refractivity contribution in [3.8, 4) is 22.4 Å². The van der Waals surface area contributed by atoms with E-state index in [9.17, 15) is 0 Å². The summed E-state index contributed by atoms with van der Waals surface area (Å²) in [6, 6.07) is 21.0. The zero-order chi connectivity index (χ0) is 18.4. The first-order valence-electron chi connectivity index (χ1n) is 9.14. The molecule has 2 aromatic carbocycles. The van der Waals surface area contributed by atoms with E-state index in [1.807, 2.05) is 22.7 Å². The third kappa shape index (κ3) is 2.78. The van der Waals surface area contributed by atoms with Crippen molar-refractivity contribution in [3.63, 3.8) is 0 Å². The predicted molar refractivity (Wildman–Crippen MR) is 111 cm³/mol. The van der Waals surface area contributed by atoms with Gasteiger partial charge < -0.3 is 5.73 Å². The number of hydrogen-bond acceptors (Lipinski definition) is 3. The molecule has 5 rings (SSSR count). The Balaban J connectivity index is 1.68. The number of hydrogen-bond donors (Lipinski definition) is 1. The fourth-order valence-electron chi connectivity index (χ4n) is 3.74. The molecular formula is C22H19BrN4. The Morgan fingerprint density at radius 3 is 2.37 bits per heavy atom. The van der Waals surface area contributed by atoms with Gasteiger partial charge in [-0.05, 0) is 52.4 Å². The minimum absolute atomic E-state index is 0.147. The lowest BCUT2D eigenvalue weighted by molar-refractivity contribution is 0.253. The van der Waals surface area contributed by atoms with E-state index < -0.39 is 0 Å². The summed E-state index contributed by atoms with van der Waals surface area (Å²) in [5.74, 6) is 0. The fourth-order valence-corrected chi connectivity index (χ4v) is 4.11. The zero-order valence-corrected chi connectivity index (χ0v) is 16.4. The van der Waals surface area contributed by atoms with Crippen molar-refractivity contribution in [2.75, 3.05) is 0 Å². The van der Waals surface area contributed by atoms with Crippen LogP contribution in [0.15, 0.2) is 71.5 Å². The molecule has 0 saturated heterocycles. The van der Waals surface area contributed by atoms with Gasteiger partial charge in [-0.2, -0.15) is 5.10 Å². The average molecular weight is 419 g/mol. The molecule has 1 saturated carbocycles. The van der Waals surface area contributed by atoms with Gasteiger partial charge in [0.15, 0.2) is 5.65 Å². The standard InChI is InChI=1S/C22H19BrN4/c23-19-14-25-20-13-18(15-5-2-1-3-6-15)21(26-27(19)20)16-7-9-17(10-8-16)22(24)11-4-12-22/h1-3,5-10,13-14H,4,11-12,24H2. The van der Waals surface area contributed by atoms with Crippen LogP contribution in [0.1, 0.15) is 24.8 Å². The molecular weight excluding hydrogens is 400 g/mol. The summed E-state index contributed by atoms with van der Waals surface area (Å²) in [7, 11) is 0. The van der Waals surface area contributed by atoms with E-state index in [1.165, 1.54) is 12.0 Å². The summed E-state index contributed by atoms with van der Waals surface area (Å²) in [6.45, 7) is 0. The molecule has 2 heterocycles. The third-order valence-electron chi connectivity index (χ3n) is 5.52. The Kier molecular flexibility index (Phi) is 3.88. The van der Waals surface area contributed by atoms with Crippen LogP contribution in [0, 0.1) is 0 Å². The molecule has 1 fully saturated rings. The van der Waals surface area contributed by atoms with Gasteiger partial charge in [-0.1, -0.05) is 54.6 Å². The highest BCUT2D eigenvalue weighted by Gasteiger charge is 2.34. The monoisotopic (exact) mass is 418 g/mol. The molecule has 27 heavy (non-hydrogen) atoms. The molecule has 2 N–H and O–H groups in total. The van der Waals surface area contributed by atoms with Crippen LogP contribution < -0.4 is 5.73 Å².